The molecule has 0 radical (unpaired) electrons. The summed E-state index contributed by atoms with van der Waals surface area (Å²) in [6.07, 6.45) is 10.2. The minimum Gasteiger partial charge on any atom is -0.381 e. The number of benzene rings is 1. The number of hydrogen-bond acceptors (Lipinski definition) is 6. The Morgan fingerprint density at radius 2 is 2.00 bits per heavy atom. The number of anilines is 1. The molecule has 1 aromatic carbocycles. The number of nitrogen functional groups attached to an aromatic ring is 1. The number of aromatic nitrogens is 6. The summed E-state index contributed by atoms with van der Waals surface area (Å²) in [5.74, 6) is 2.07. The number of terminal acetylenes is 1. The molecule has 162 valence electrons. The van der Waals surface area contributed by atoms with E-state index in [9.17, 15) is 9.59 Å². The summed E-state index contributed by atoms with van der Waals surface area (Å²) in [5, 5.41) is 7.04. The Morgan fingerprint density at radius 1 is 1.21 bits per heavy atom. The maximum absolute atomic E-state index is 13.5. The summed E-state index contributed by atoms with van der Waals surface area (Å²) in [5.41, 5.74) is 7.95. The van der Waals surface area contributed by atoms with Crippen LogP contribution in [0.15, 0.2) is 65.8 Å². The molecule has 5 rings (SSSR count). The molecular weight excluding hydrogens is 420 g/mol. The van der Waals surface area contributed by atoms with E-state index in [4.69, 9.17) is 12.2 Å². The molecule has 4 aromatic heterocycles. The lowest BCUT2D eigenvalue weighted by Crippen LogP contribution is -2.34. The van der Waals surface area contributed by atoms with Crippen LogP contribution in [-0.2, 0) is 0 Å². The lowest BCUT2D eigenvalue weighted by Gasteiger charge is -2.20. The fourth-order valence-corrected chi connectivity index (χ4v) is 3.80. The SMILES string of the molecule is C#Cc1cnc2cc([C@H](C)NC(=O)c3c(N)nn4cccnc34)n(-c3ccccc3)c(=O)n12. The van der Waals surface area contributed by atoms with Gasteiger partial charge in [-0.15, -0.1) is 11.5 Å². The average molecular weight is 438 g/mol. The predicted molar refractivity (Wildman–Crippen MR) is 122 cm³/mol. The number of carbonyl (C=O) groups is 1. The number of rotatable bonds is 4. The van der Waals surface area contributed by atoms with E-state index in [1.807, 2.05) is 18.2 Å². The summed E-state index contributed by atoms with van der Waals surface area (Å²) < 4.78 is 4.29. The highest BCUT2D eigenvalue weighted by Gasteiger charge is 2.24. The van der Waals surface area contributed by atoms with Crippen molar-refractivity contribution in [3.8, 4) is 18.0 Å². The van der Waals surface area contributed by atoms with Gasteiger partial charge in [0.2, 0.25) is 0 Å². The first-order valence-electron chi connectivity index (χ1n) is 10.0. The normalized spacial score (nSPS) is 12.0. The van der Waals surface area contributed by atoms with E-state index in [2.05, 4.69) is 26.3 Å². The molecule has 10 nitrogen and oxygen atoms in total. The van der Waals surface area contributed by atoms with Gasteiger partial charge in [-0.2, -0.15) is 0 Å². The maximum atomic E-state index is 13.5. The van der Waals surface area contributed by atoms with E-state index in [0.717, 1.165) is 0 Å². The highest BCUT2D eigenvalue weighted by atomic mass is 16.2. The van der Waals surface area contributed by atoms with Crippen LogP contribution < -0.4 is 16.7 Å². The molecule has 0 aliphatic rings. The van der Waals surface area contributed by atoms with Crippen LogP contribution in [-0.4, -0.2) is 34.5 Å². The van der Waals surface area contributed by atoms with Gasteiger partial charge in [-0.1, -0.05) is 18.2 Å². The topological polar surface area (TPSA) is 125 Å². The molecule has 0 aliphatic carbocycles. The van der Waals surface area contributed by atoms with E-state index in [0.29, 0.717) is 28.4 Å². The van der Waals surface area contributed by atoms with Gasteiger partial charge in [-0.25, -0.2) is 23.7 Å². The summed E-state index contributed by atoms with van der Waals surface area (Å²) >= 11 is 0. The van der Waals surface area contributed by atoms with E-state index in [1.54, 1.807) is 43.6 Å². The Hall–Kier alpha value is -4.91. The standard InChI is InChI=1S/C23H18N8O2/c1-3-15-13-26-18-12-17(30(23(33)31(15)18)16-8-5-4-6-9-16)14(2)27-22(32)19-20(24)28-29-11-7-10-25-21(19)29/h1,4-14H,2H3,(H2,24,28)(H,27,32)/t14-/m0/s1. The minimum atomic E-state index is -0.598. The summed E-state index contributed by atoms with van der Waals surface area (Å²) in [6, 6.07) is 11.9. The molecule has 0 saturated heterocycles. The van der Waals surface area contributed by atoms with Crippen molar-refractivity contribution in [1.82, 2.24) is 33.9 Å². The molecule has 3 N–H and O–H groups in total. The van der Waals surface area contributed by atoms with E-state index in [1.165, 1.54) is 19.7 Å². The molecule has 0 fully saturated rings. The van der Waals surface area contributed by atoms with E-state index >= 15 is 0 Å². The van der Waals surface area contributed by atoms with E-state index in [-0.39, 0.29) is 11.4 Å². The Bertz CT molecular complexity index is 1620. The van der Waals surface area contributed by atoms with Crippen molar-refractivity contribution in [3.63, 3.8) is 0 Å². The van der Waals surface area contributed by atoms with Crippen LogP contribution in [0.5, 0.6) is 0 Å². The van der Waals surface area contributed by atoms with Crippen molar-refractivity contribution in [2.24, 2.45) is 0 Å². The van der Waals surface area contributed by atoms with Crippen LogP contribution in [0, 0.1) is 12.3 Å². The molecule has 1 atom stereocenters. The van der Waals surface area contributed by atoms with Gasteiger partial charge >= 0.3 is 5.69 Å². The number of fused-ring (bicyclic) bond motifs is 2. The van der Waals surface area contributed by atoms with Gasteiger partial charge in [0.15, 0.2) is 11.5 Å². The zero-order valence-electron chi connectivity index (χ0n) is 17.5. The maximum Gasteiger partial charge on any atom is 0.339 e. The van der Waals surface area contributed by atoms with Crippen molar-refractivity contribution in [1.29, 1.82) is 0 Å². The smallest absolute Gasteiger partial charge is 0.339 e. The largest absolute Gasteiger partial charge is 0.381 e. The van der Waals surface area contributed by atoms with Gasteiger partial charge < -0.3 is 11.1 Å². The molecule has 0 bridgehead atoms. The number of nitrogens with zero attached hydrogens (tertiary/aromatic N) is 6. The van der Waals surface area contributed by atoms with Crippen molar-refractivity contribution in [2.45, 2.75) is 13.0 Å². The van der Waals surface area contributed by atoms with Crippen LogP contribution in [0.25, 0.3) is 17.0 Å². The van der Waals surface area contributed by atoms with Crippen molar-refractivity contribution in [2.75, 3.05) is 5.73 Å². The van der Waals surface area contributed by atoms with Gasteiger partial charge in [-0.05, 0) is 31.0 Å². The number of nitrogens with one attached hydrogen (secondary N) is 1. The lowest BCUT2D eigenvalue weighted by atomic mass is 10.1. The summed E-state index contributed by atoms with van der Waals surface area (Å²) in [6.45, 7) is 1.77. The zero-order valence-corrected chi connectivity index (χ0v) is 17.5. The Labute approximate surface area is 187 Å². The molecule has 0 aliphatic heterocycles. The number of imidazole rings is 1. The first kappa shape index (κ1) is 20.0. The van der Waals surface area contributed by atoms with Crippen LogP contribution in [0.1, 0.15) is 34.7 Å². The minimum absolute atomic E-state index is 0.0567. The van der Waals surface area contributed by atoms with Crippen LogP contribution in [0.3, 0.4) is 0 Å². The Balaban J connectivity index is 1.63. The zero-order chi connectivity index (χ0) is 23.1. The molecule has 0 spiro atoms. The second kappa shape index (κ2) is 7.65. The molecule has 1 amide bonds. The van der Waals surface area contributed by atoms with Gasteiger partial charge in [0, 0.05) is 18.5 Å². The highest BCUT2D eigenvalue weighted by molar-refractivity contribution is 6.04. The molecule has 4 heterocycles. The molecule has 5 aromatic rings. The monoisotopic (exact) mass is 438 g/mol. The predicted octanol–water partition coefficient (Wildman–Crippen LogP) is 1.58. The number of carbonyl (C=O) groups excluding carboxylic acids is 1. The number of nitrogens with two attached hydrogens (primary N) is 1. The second-order valence-corrected chi connectivity index (χ2v) is 7.35. The van der Waals surface area contributed by atoms with Crippen LogP contribution in [0.2, 0.25) is 0 Å². The highest BCUT2D eigenvalue weighted by Crippen LogP contribution is 2.21. The fourth-order valence-electron chi connectivity index (χ4n) is 3.80. The summed E-state index contributed by atoms with van der Waals surface area (Å²) in [4.78, 5) is 35.1. The molecule has 0 unspecified atom stereocenters. The van der Waals surface area contributed by atoms with Crippen molar-refractivity contribution < 1.29 is 4.79 Å². The van der Waals surface area contributed by atoms with Crippen LogP contribution in [0.4, 0.5) is 5.82 Å². The fraction of sp³-hybridized carbons (Fsp3) is 0.0870. The average Bonchev–Trinajstić information content (AvgIpc) is 3.39. The number of para-hydroxylation sites is 1. The lowest BCUT2D eigenvalue weighted by molar-refractivity contribution is 0.0941. The van der Waals surface area contributed by atoms with Gasteiger partial charge in [0.05, 0.1) is 23.6 Å². The third-order valence-electron chi connectivity index (χ3n) is 5.31. The van der Waals surface area contributed by atoms with Crippen LogP contribution >= 0.6 is 0 Å². The molecule has 10 heteroatoms. The van der Waals surface area contributed by atoms with E-state index < -0.39 is 17.6 Å². The third-order valence-corrected chi connectivity index (χ3v) is 5.31. The number of hydrogen-bond donors (Lipinski definition) is 2. The van der Waals surface area contributed by atoms with Gasteiger partial charge in [-0.3, -0.25) is 9.36 Å². The first-order chi connectivity index (χ1) is 16.0. The third kappa shape index (κ3) is 3.19. The first-order valence-corrected chi connectivity index (χ1v) is 10.0. The Morgan fingerprint density at radius 3 is 2.76 bits per heavy atom. The summed E-state index contributed by atoms with van der Waals surface area (Å²) in [7, 11) is 0. The molecule has 33 heavy (non-hydrogen) atoms. The van der Waals surface area contributed by atoms with Gasteiger partial charge in [0.1, 0.15) is 16.9 Å². The quantitative estimate of drug-likeness (QED) is 0.411. The Kier molecular flexibility index (Phi) is 4.64. The van der Waals surface area contributed by atoms with Gasteiger partial charge in [0.25, 0.3) is 5.91 Å². The number of amides is 1. The van der Waals surface area contributed by atoms with Crippen molar-refractivity contribution in [3.05, 3.63) is 88.5 Å². The molecular formula is C23H18N8O2. The second-order valence-electron chi connectivity index (χ2n) is 7.35. The molecule has 0 saturated carbocycles. The van der Waals surface area contributed by atoms with Crippen molar-refractivity contribution >= 4 is 23.0 Å².